The van der Waals surface area contributed by atoms with E-state index in [9.17, 15) is 28.2 Å². The van der Waals surface area contributed by atoms with Gasteiger partial charge in [0, 0.05) is 5.92 Å². The molecule has 8 heteroatoms. The third kappa shape index (κ3) is 1.87. The zero-order valence-corrected chi connectivity index (χ0v) is 12.2. The summed E-state index contributed by atoms with van der Waals surface area (Å²) >= 11 is 0. The number of nitrogens with two attached hydrogens (primary N) is 1. The van der Waals surface area contributed by atoms with Crippen molar-refractivity contribution >= 4 is 21.8 Å². The molecule has 2 saturated carbocycles. The van der Waals surface area contributed by atoms with E-state index in [2.05, 4.69) is 0 Å². The second-order valence-electron chi connectivity index (χ2n) is 5.91. The summed E-state index contributed by atoms with van der Waals surface area (Å²) in [7, 11) is -3.82. The Balaban J connectivity index is 2.03. The molecule has 2 aliphatic rings. The summed E-state index contributed by atoms with van der Waals surface area (Å²) in [5, 5.41) is 17.4. The molecule has 1 aromatic carbocycles. The van der Waals surface area contributed by atoms with Crippen molar-refractivity contribution in [2.45, 2.75) is 22.1 Å². The van der Waals surface area contributed by atoms with E-state index < -0.39 is 50.3 Å². The van der Waals surface area contributed by atoms with E-state index in [0.29, 0.717) is 0 Å². The molecule has 5 unspecified atom stereocenters. The number of fused-ring (bicyclic) bond motifs is 1. The van der Waals surface area contributed by atoms with E-state index in [1.54, 1.807) is 18.2 Å². The van der Waals surface area contributed by atoms with Gasteiger partial charge < -0.3 is 15.9 Å². The van der Waals surface area contributed by atoms with Gasteiger partial charge in [-0.2, -0.15) is 0 Å². The molecule has 0 spiro atoms. The summed E-state index contributed by atoms with van der Waals surface area (Å²) in [4.78, 5) is 22.7. The standard InChI is InChI=1S/C14H15NO6S/c15-14(13(18)19)6-8(9-10(11(9)14)12(16)17)22(20,21)7-4-2-1-3-5-7/h1-5,8-11H,6,15H2,(H,16,17)(H,18,19). The average Bonchev–Trinajstić information content (AvgIpc) is 3.13. The van der Waals surface area contributed by atoms with E-state index in [-0.39, 0.29) is 11.3 Å². The minimum atomic E-state index is -3.82. The van der Waals surface area contributed by atoms with Crippen LogP contribution in [-0.4, -0.2) is 41.4 Å². The highest BCUT2D eigenvalue weighted by molar-refractivity contribution is 7.92. The van der Waals surface area contributed by atoms with Crippen LogP contribution >= 0.6 is 0 Å². The Hall–Kier alpha value is -1.93. The van der Waals surface area contributed by atoms with E-state index in [1.165, 1.54) is 12.1 Å². The van der Waals surface area contributed by atoms with Crippen LogP contribution in [0.15, 0.2) is 35.2 Å². The molecule has 4 N–H and O–H groups in total. The number of hydrogen-bond acceptors (Lipinski definition) is 5. The number of carboxylic acid groups (broad SMARTS) is 2. The molecule has 0 saturated heterocycles. The highest BCUT2D eigenvalue weighted by Crippen LogP contribution is 2.63. The van der Waals surface area contributed by atoms with E-state index in [4.69, 9.17) is 5.73 Å². The van der Waals surface area contributed by atoms with Gasteiger partial charge in [0.1, 0.15) is 5.54 Å². The molecule has 0 heterocycles. The maximum atomic E-state index is 12.7. The quantitative estimate of drug-likeness (QED) is 0.707. The van der Waals surface area contributed by atoms with E-state index in [1.807, 2.05) is 0 Å². The predicted octanol–water partition coefficient (Wildman–Crippen LogP) is -0.0385. The van der Waals surface area contributed by atoms with Gasteiger partial charge in [0.15, 0.2) is 9.84 Å². The number of aliphatic carboxylic acids is 2. The van der Waals surface area contributed by atoms with Crippen LogP contribution in [-0.2, 0) is 19.4 Å². The van der Waals surface area contributed by atoms with Gasteiger partial charge in [0.25, 0.3) is 0 Å². The second kappa shape index (κ2) is 4.53. The lowest BCUT2D eigenvalue weighted by molar-refractivity contribution is -0.145. The fraction of sp³-hybridized carbons (Fsp3) is 0.429. The van der Waals surface area contributed by atoms with E-state index in [0.717, 1.165) is 0 Å². The van der Waals surface area contributed by atoms with Gasteiger partial charge in [0.2, 0.25) is 0 Å². The maximum absolute atomic E-state index is 12.7. The molecule has 5 atom stereocenters. The largest absolute Gasteiger partial charge is 0.481 e. The minimum Gasteiger partial charge on any atom is -0.481 e. The van der Waals surface area contributed by atoms with Crippen molar-refractivity contribution in [3.63, 3.8) is 0 Å². The van der Waals surface area contributed by atoms with Gasteiger partial charge in [-0.05, 0) is 24.5 Å². The Morgan fingerprint density at radius 1 is 1.18 bits per heavy atom. The summed E-state index contributed by atoms with van der Waals surface area (Å²) in [5.74, 6) is -5.15. The monoisotopic (exact) mass is 325 g/mol. The molecule has 0 aromatic heterocycles. The summed E-state index contributed by atoms with van der Waals surface area (Å²) in [6.45, 7) is 0. The van der Waals surface area contributed by atoms with Gasteiger partial charge in [-0.15, -0.1) is 0 Å². The summed E-state index contributed by atoms with van der Waals surface area (Å²) < 4.78 is 25.4. The number of carboxylic acids is 2. The van der Waals surface area contributed by atoms with Crippen molar-refractivity contribution in [3.05, 3.63) is 30.3 Å². The molecular formula is C14H15NO6S. The molecule has 118 valence electrons. The van der Waals surface area contributed by atoms with Gasteiger partial charge in [-0.25, -0.2) is 8.42 Å². The van der Waals surface area contributed by atoms with Gasteiger partial charge >= 0.3 is 11.9 Å². The minimum absolute atomic E-state index is 0.0597. The van der Waals surface area contributed by atoms with Crippen LogP contribution < -0.4 is 5.73 Å². The Labute approximate surface area is 126 Å². The van der Waals surface area contributed by atoms with Crippen LogP contribution in [0.3, 0.4) is 0 Å². The molecule has 2 fully saturated rings. The molecule has 1 aromatic rings. The van der Waals surface area contributed by atoms with Crippen molar-refractivity contribution in [1.82, 2.24) is 0 Å². The highest BCUT2D eigenvalue weighted by atomic mass is 32.2. The zero-order valence-electron chi connectivity index (χ0n) is 11.4. The van der Waals surface area contributed by atoms with Crippen LogP contribution in [0.4, 0.5) is 0 Å². The number of benzene rings is 1. The third-order valence-corrected chi connectivity index (χ3v) is 7.00. The lowest BCUT2D eigenvalue weighted by Gasteiger charge is -2.24. The van der Waals surface area contributed by atoms with Crippen molar-refractivity contribution < 1.29 is 28.2 Å². The van der Waals surface area contributed by atoms with Crippen LogP contribution in [0.5, 0.6) is 0 Å². The molecule has 0 amide bonds. The lowest BCUT2D eigenvalue weighted by atomic mass is 9.91. The first-order valence-corrected chi connectivity index (χ1v) is 8.30. The smallest absolute Gasteiger partial charge is 0.324 e. The average molecular weight is 325 g/mol. The SMILES string of the molecule is NC1(C(=O)O)CC(S(=O)(=O)c2ccccc2)C2C(C(=O)O)C21. The normalized spacial score (nSPS) is 36.6. The molecule has 0 bridgehead atoms. The van der Waals surface area contributed by atoms with Crippen LogP contribution in [0.25, 0.3) is 0 Å². The molecule has 0 radical (unpaired) electrons. The Kier molecular flexibility index (Phi) is 3.09. The van der Waals surface area contributed by atoms with Crippen molar-refractivity contribution in [3.8, 4) is 0 Å². The fourth-order valence-electron chi connectivity index (χ4n) is 3.72. The zero-order chi connectivity index (χ0) is 16.3. The molecule has 0 aliphatic heterocycles. The van der Waals surface area contributed by atoms with Gasteiger partial charge in [0.05, 0.1) is 16.1 Å². The van der Waals surface area contributed by atoms with Crippen molar-refractivity contribution in [1.29, 1.82) is 0 Å². The number of sulfone groups is 1. The van der Waals surface area contributed by atoms with Crippen molar-refractivity contribution in [2.75, 3.05) is 0 Å². The topological polar surface area (TPSA) is 135 Å². The number of rotatable bonds is 4. The molecule has 22 heavy (non-hydrogen) atoms. The molecular weight excluding hydrogens is 310 g/mol. The summed E-state index contributed by atoms with van der Waals surface area (Å²) in [5.41, 5.74) is 4.05. The third-order valence-electron chi connectivity index (χ3n) is 4.79. The molecule has 7 nitrogen and oxygen atoms in total. The van der Waals surface area contributed by atoms with E-state index >= 15 is 0 Å². The Morgan fingerprint density at radius 3 is 2.27 bits per heavy atom. The Morgan fingerprint density at radius 2 is 1.77 bits per heavy atom. The van der Waals surface area contributed by atoms with Gasteiger partial charge in [-0.1, -0.05) is 18.2 Å². The Bertz CT molecular complexity index is 746. The predicted molar refractivity (Wildman–Crippen MR) is 74.7 cm³/mol. The summed E-state index contributed by atoms with van der Waals surface area (Å²) in [6.07, 6.45) is -0.265. The molecule has 2 aliphatic carbocycles. The first-order valence-electron chi connectivity index (χ1n) is 6.75. The maximum Gasteiger partial charge on any atom is 0.324 e. The fourth-order valence-corrected chi connectivity index (χ4v) is 5.85. The van der Waals surface area contributed by atoms with Crippen molar-refractivity contribution in [2.24, 2.45) is 23.5 Å². The number of hydrogen-bond donors (Lipinski definition) is 3. The van der Waals surface area contributed by atoms with Crippen LogP contribution in [0.2, 0.25) is 0 Å². The van der Waals surface area contributed by atoms with Crippen LogP contribution in [0.1, 0.15) is 6.42 Å². The molecule has 3 rings (SSSR count). The number of carbonyl (C=O) groups is 2. The van der Waals surface area contributed by atoms with Crippen LogP contribution in [0, 0.1) is 17.8 Å². The second-order valence-corrected chi connectivity index (χ2v) is 8.08. The summed E-state index contributed by atoms with van der Waals surface area (Å²) in [6, 6.07) is 7.62. The first kappa shape index (κ1) is 15.0. The highest BCUT2D eigenvalue weighted by Gasteiger charge is 2.76. The first-order chi connectivity index (χ1) is 10.2. The van der Waals surface area contributed by atoms with Gasteiger partial charge in [-0.3, -0.25) is 9.59 Å². The lowest BCUT2D eigenvalue weighted by Crippen LogP contribution is -2.51.